The van der Waals surface area contributed by atoms with Gasteiger partial charge >= 0.3 is 0 Å². The minimum absolute atomic E-state index is 0.0922. The fourth-order valence-electron chi connectivity index (χ4n) is 2.62. The molecule has 1 saturated heterocycles. The molecule has 3 nitrogen and oxygen atoms in total. The molecule has 18 heavy (non-hydrogen) atoms. The smallest absolute Gasteiger partial charge is 0.0981 e. The minimum atomic E-state index is 0.0922. The summed E-state index contributed by atoms with van der Waals surface area (Å²) in [6.45, 7) is 1.90. The van der Waals surface area contributed by atoms with E-state index in [2.05, 4.69) is 40.2 Å². The zero-order valence-electron chi connectivity index (χ0n) is 10.2. The summed E-state index contributed by atoms with van der Waals surface area (Å²) in [4.78, 5) is 6.58. The molecule has 0 bridgehead atoms. The second-order valence-electron chi connectivity index (χ2n) is 4.79. The summed E-state index contributed by atoms with van der Waals surface area (Å²) in [6.07, 6.45) is 3.95. The lowest BCUT2D eigenvalue weighted by Crippen LogP contribution is -2.27. The van der Waals surface area contributed by atoms with Gasteiger partial charge in [-0.2, -0.15) is 5.26 Å². The first kappa shape index (κ1) is 11.2. The van der Waals surface area contributed by atoms with Crippen LogP contribution in [0.2, 0.25) is 0 Å². The van der Waals surface area contributed by atoms with Crippen LogP contribution in [0, 0.1) is 11.3 Å². The lowest BCUT2D eigenvalue weighted by atomic mass is 10.1. The molecule has 0 aliphatic carbocycles. The van der Waals surface area contributed by atoms with E-state index in [9.17, 15) is 0 Å². The first-order valence-corrected chi connectivity index (χ1v) is 6.34. The highest BCUT2D eigenvalue weighted by molar-refractivity contribution is 5.78. The van der Waals surface area contributed by atoms with Gasteiger partial charge in [0.15, 0.2) is 0 Å². The Morgan fingerprint density at radius 3 is 3.22 bits per heavy atom. The third-order valence-electron chi connectivity index (χ3n) is 3.57. The summed E-state index contributed by atoms with van der Waals surface area (Å²) in [6, 6.07) is 12.9. The molecule has 0 N–H and O–H groups in total. The molecule has 2 heterocycles. The van der Waals surface area contributed by atoms with Gasteiger partial charge in [-0.25, -0.2) is 0 Å². The molecule has 3 rings (SSSR count). The van der Waals surface area contributed by atoms with Gasteiger partial charge in [-0.3, -0.25) is 9.88 Å². The fraction of sp³-hybridized carbons (Fsp3) is 0.333. The summed E-state index contributed by atoms with van der Waals surface area (Å²) in [5.74, 6) is 0. The Balaban J connectivity index is 1.85. The van der Waals surface area contributed by atoms with Gasteiger partial charge < -0.3 is 0 Å². The van der Waals surface area contributed by atoms with E-state index >= 15 is 0 Å². The maximum atomic E-state index is 9.08. The molecule has 1 aromatic heterocycles. The molecular formula is C15H15N3. The Bertz CT molecular complexity index is 600. The molecular weight excluding hydrogens is 222 g/mol. The Labute approximate surface area is 107 Å². The van der Waals surface area contributed by atoms with Crippen LogP contribution in [0.3, 0.4) is 0 Å². The predicted octanol–water partition coefficient (Wildman–Crippen LogP) is 2.72. The number of rotatable bonds is 2. The van der Waals surface area contributed by atoms with Crippen LogP contribution in [0.15, 0.2) is 36.5 Å². The van der Waals surface area contributed by atoms with Crippen LogP contribution in [-0.2, 0) is 6.54 Å². The average Bonchev–Trinajstić information content (AvgIpc) is 2.86. The summed E-state index contributed by atoms with van der Waals surface area (Å²) >= 11 is 0. The largest absolute Gasteiger partial charge is 0.284 e. The summed E-state index contributed by atoms with van der Waals surface area (Å²) in [5, 5.41) is 10.3. The highest BCUT2D eigenvalue weighted by Gasteiger charge is 2.23. The van der Waals surface area contributed by atoms with E-state index in [-0.39, 0.29) is 6.04 Å². The maximum absolute atomic E-state index is 9.08. The van der Waals surface area contributed by atoms with Crippen molar-refractivity contribution in [1.29, 1.82) is 5.26 Å². The van der Waals surface area contributed by atoms with Crippen molar-refractivity contribution in [2.45, 2.75) is 25.4 Å². The van der Waals surface area contributed by atoms with E-state index in [4.69, 9.17) is 5.26 Å². The predicted molar refractivity (Wildman–Crippen MR) is 70.8 cm³/mol. The van der Waals surface area contributed by atoms with Crippen LogP contribution in [0.1, 0.15) is 18.4 Å². The van der Waals surface area contributed by atoms with Crippen molar-refractivity contribution in [2.75, 3.05) is 6.54 Å². The highest BCUT2D eigenvalue weighted by atomic mass is 15.2. The van der Waals surface area contributed by atoms with Crippen LogP contribution in [0.5, 0.6) is 0 Å². The Morgan fingerprint density at radius 2 is 2.33 bits per heavy atom. The lowest BCUT2D eigenvalue weighted by Gasteiger charge is -2.19. The van der Waals surface area contributed by atoms with Crippen molar-refractivity contribution in [3.63, 3.8) is 0 Å². The van der Waals surface area contributed by atoms with E-state index in [1.165, 1.54) is 10.9 Å². The standard InChI is InChI=1S/C15H15N3/c16-10-14-4-2-8-18(14)11-12-5-6-15-13(9-12)3-1-7-17-15/h1,3,5-7,9,14H,2,4,8,11H2. The van der Waals surface area contributed by atoms with Crippen molar-refractivity contribution in [1.82, 2.24) is 9.88 Å². The van der Waals surface area contributed by atoms with Crippen molar-refractivity contribution in [3.8, 4) is 6.07 Å². The molecule has 0 saturated carbocycles. The van der Waals surface area contributed by atoms with Crippen LogP contribution in [0.25, 0.3) is 10.9 Å². The highest BCUT2D eigenvalue weighted by Crippen LogP contribution is 2.21. The third kappa shape index (κ3) is 2.07. The lowest BCUT2D eigenvalue weighted by molar-refractivity contribution is 0.286. The number of pyridine rings is 1. The van der Waals surface area contributed by atoms with Gasteiger partial charge in [-0.15, -0.1) is 0 Å². The van der Waals surface area contributed by atoms with Crippen molar-refractivity contribution in [2.24, 2.45) is 0 Å². The normalized spacial score (nSPS) is 20.1. The molecule has 2 aromatic rings. The Kier molecular flexibility index (Phi) is 2.95. The number of hydrogen-bond donors (Lipinski definition) is 0. The van der Waals surface area contributed by atoms with Crippen molar-refractivity contribution in [3.05, 3.63) is 42.1 Å². The van der Waals surface area contributed by atoms with Gasteiger partial charge in [0.2, 0.25) is 0 Å². The zero-order valence-corrected chi connectivity index (χ0v) is 10.2. The van der Waals surface area contributed by atoms with Gasteiger partial charge in [0, 0.05) is 18.1 Å². The first-order chi connectivity index (χ1) is 8.86. The molecule has 1 unspecified atom stereocenters. The van der Waals surface area contributed by atoms with E-state index < -0.39 is 0 Å². The molecule has 3 heteroatoms. The number of benzene rings is 1. The van der Waals surface area contributed by atoms with Gasteiger partial charge in [-0.1, -0.05) is 12.1 Å². The molecule has 1 aliphatic heterocycles. The zero-order chi connectivity index (χ0) is 12.4. The average molecular weight is 237 g/mol. The molecule has 1 aliphatic rings. The number of fused-ring (bicyclic) bond motifs is 1. The number of likely N-dealkylation sites (tertiary alicyclic amines) is 1. The van der Waals surface area contributed by atoms with E-state index in [1.54, 1.807) is 0 Å². The molecule has 0 spiro atoms. The Morgan fingerprint density at radius 1 is 1.39 bits per heavy atom. The van der Waals surface area contributed by atoms with E-state index in [0.717, 1.165) is 31.4 Å². The summed E-state index contributed by atoms with van der Waals surface area (Å²) in [7, 11) is 0. The fourth-order valence-corrected chi connectivity index (χ4v) is 2.62. The van der Waals surface area contributed by atoms with Gasteiger partial charge in [0.25, 0.3) is 0 Å². The van der Waals surface area contributed by atoms with Crippen LogP contribution >= 0.6 is 0 Å². The topological polar surface area (TPSA) is 39.9 Å². The number of nitriles is 1. The summed E-state index contributed by atoms with van der Waals surface area (Å²) in [5.41, 5.74) is 2.29. The maximum Gasteiger partial charge on any atom is 0.0981 e. The monoisotopic (exact) mass is 237 g/mol. The second kappa shape index (κ2) is 4.75. The number of hydrogen-bond acceptors (Lipinski definition) is 3. The Hall–Kier alpha value is -1.92. The van der Waals surface area contributed by atoms with E-state index in [0.29, 0.717) is 0 Å². The van der Waals surface area contributed by atoms with Crippen LogP contribution in [-0.4, -0.2) is 22.5 Å². The van der Waals surface area contributed by atoms with Crippen molar-refractivity contribution >= 4 is 10.9 Å². The van der Waals surface area contributed by atoms with Gasteiger partial charge in [0.1, 0.15) is 0 Å². The SMILES string of the molecule is N#CC1CCCN1Cc1ccc2ncccc2c1. The van der Waals surface area contributed by atoms with Gasteiger partial charge in [0.05, 0.1) is 17.6 Å². The van der Waals surface area contributed by atoms with Gasteiger partial charge in [-0.05, 0) is 43.1 Å². The van der Waals surface area contributed by atoms with E-state index in [1.807, 2.05) is 12.3 Å². The second-order valence-corrected chi connectivity index (χ2v) is 4.79. The number of nitrogens with zero attached hydrogens (tertiary/aromatic N) is 3. The molecule has 1 fully saturated rings. The quantitative estimate of drug-likeness (QED) is 0.806. The molecule has 1 atom stereocenters. The minimum Gasteiger partial charge on any atom is -0.284 e. The van der Waals surface area contributed by atoms with Crippen LogP contribution in [0.4, 0.5) is 0 Å². The summed E-state index contributed by atoms with van der Waals surface area (Å²) < 4.78 is 0. The molecule has 90 valence electrons. The van der Waals surface area contributed by atoms with Crippen molar-refractivity contribution < 1.29 is 0 Å². The first-order valence-electron chi connectivity index (χ1n) is 6.34. The number of aromatic nitrogens is 1. The molecule has 0 amide bonds. The molecule has 0 radical (unpaired) electrons. The van der Waals surface area contributed by atoms with Crippen LogP contribution < -0.4 is 0 Å². The molecule has 1 aromatic carbocycles. The third-order valence-corrected chi connectivity index (χ3v) is 3.57.